The smallest absolute Gasteiger partial charge is 0.338 e. The molecule has 0 spiro atoms. The third-order valence-electron chi connectivity index (χ3n) is 7.24. The number of benzene rings is 2. The number of amides is 1. The van der Waals surface area contributed by atoms with Crippen LogP contribution in [0.3, 0.4) is 0 Å². The predicted molar refractivity (Wildman–Crippen MR) is 163 cm³/mol. The number of anilines is 1. The van der Waals surface area contributed by atoms with Crippen LogP contribution in [0.1, 0.15) is 63.6 Å². The summed E-state index contributed by atoms with van der Waals surface area (Å²) in [5, 5.41) is 0. The average Bonchev–Trinajstić information content (AvgIpc) is 3.43. The molecule has 0 N–H and O–H groups in total. The summed E-state index contributed by atoms with van der Waals surface area (Å²) in [6.45, 7) is 6.58. The van der Waals surface area contributed by atoms with Gasteiger partial charge in [0.25, 0.3) is 11.5 Å². The lowest BCUT2D eigenvalue weighted by molar-refractivity contribution is -0.139. The van der Waals surface area contributed by atoms with E-state index in [1.807, 2.05) is 43.3 Å². The van der Waals surface area contributed by atoms with E-state index < -0.39 is 12.0 Å². The first-order valence-corrected chi connectivity index (χ1v) is 15.5. The highest BCUT2D eigenvalue weighted by Crippen LogP contribution is 2.39. The molecule has 2 aromatic carbocycles. The third kappa shape index (κ3) is 5.08. The molecular formula is C31H32BrN3O5S. The fourth-order valence-electron chi connectivity index (χ4n) is 5.42. The number of halogens is 1. The number of fused-ring (bicyclic) bond motifs is 2. The van der Waals surface area contributed by atoms with Gasteiger partial charge in [0.2, 0.25) is 0 Å². The summed E-state index contributed by atoms with van der Waals surface area (Å²) in [5.74, 6) is -0.207. The number of nitrogens with zero attached hydrogens (tertiary/aromatic N) is 3. The Balaban J connectivity index is 1.85. The number of hydrogen-bond acceptors (Lipinski definition) is 7. The molecule has 1 amide bonds. The van der Waals surface area contributed by atoms with E-state index in [0.29, 0.717) is 50.5 Å². The minimum absolute atomic E-state index is 0.178. The monoisotopic (exact) mass is 637 g/mol. The minimum Gasteiger partial charge on any atom is -0.496 e. The molecule has 0 fully saturated rings. The van der Waals surface area contributed by atoms with Crippen molar-refractivity contribution in [2.45, 2.75) is 52.5 Å². The van der Waals surface area contributed by atoms with Gasteiger partial charge in [0, 0.05) is 22.1 Å². The molecule has 1 atom stereocenters. The number of carbonyl (C=O) groups excluding carboxylic acids is 2. The molecule has 0 saturated carbocycles. The van der Waals surface area contributed by atoms with Gasteiger partial charge in [0.15, 0.2) is 4.80 Å². The number of para-hydroxylation sites is 1. The first-order chi connectivity index (χ1) is 19.9. The van der Waals surface area contributed by atoms with Gasteiger partial charge >= 0.3 is 5.97 Å². The molecule has 5 rings (SSSR count). The van der Waals surface area contributed by atoms with Crippen molar-refractivity contribution in [3.63, 3.8) is 0 Å². The van der Waals surface area contributed by atoms with Crippen molar-refractivity contribution in [3.8, 4) is 5.75 Å². The van der Waals surface area contributed by atoms with Crippen LogP contribution in [-0.2, 0) is 14.3 Å². The van der Waals surface area contributed by atoms with Gasteiger partial charge in [-0.25, -0.2) is 9.79 Å². The average molecular weight is 639 g/mol. The van der Waals surface area contributed by atoms with E-state index in [0.717, 1.165) is 35.0 Å². The quantitative estimate of drug-likeness (QED) is 0.312. The van der Waals surface area contributed by atoms with Crippen molar-refractivity contribution in [2.75, 3.05) is 25.2 Å². The van der Waals surface area contributed by atoms with Gasteiger partial charge in [0.05, 0.1) is 36.2 Å². The van der Waals surface area contributed by atoms with E-state index in [2.05, 4.69) is 22.9 Å². The second kappa shape index (κ2) is 12.2. The summed E-state index contributed by atoms with van der Waals surface area (Å²) in [6, 6.07) is 12.2. The normalized spacial score (nSPS) is 17.3. The second-order valence-electron chi connectivity index (χ2n) is 9.82. The third-order valence-corrected chi connectivity index (χ3v) is 8.79. The fraction of sp³-hybridized carbons (Fsp3) is 0.355. The van der Waals surface area contributed by atoms with E-state index in [-0.39, 0.29) is 18.1 Å². The first-order valence-electron chi connectivity index (χ1n) is 13.8. The highest BCUT2D eigenvalue weighted by molar-refractivity contribution is 9.10. The van der Waals surface area contributed by atoms with Gasteiger partial charge in [-0.15, -0.1) is 0 Å². The SMILES string of the molecule is CCCCN1C(=O)/C(=c2\sc3n(c2=O)[C@@H](c2cc(Br)ccc2OC)C(C(=O)OCC)=C(CCC)N=3)c2ccccc21. The molecule has 1 aromatic heterocycles. The van der Waals surface area contributed by atoms with Crippen LogP contribution in [0, 0.1) is 0 Å². The van der Waals surface area contributed by atoms with Crippen molar-refractivity contribution < 1.29 is 19.1 Å². The lowest BCUT2D eigenvalue weighted by Gasteiger charge is -2.27. The Kier molecular flexibility index (Phi) is 8.60. The van der Waals surface area contributed by atoms with Gasteiger partial charge in [0.1, 0.15) is 16.3 Å². The number of carbonyl (C=O) groups is 2. The first kappa shape index (κ1) is 29.0. The Bertz CT molecular complexity index is 1740. The highest BCUT2D eigenvalue weighted by Gasteiger charge is 2.38. The van der Waals surface area contributed by atoms with E-state index >= 15 is 0 Å². The number of aromatic nitrogens is 1. The molecule has 214 valence electrons. The Morgan fingerprint density at radius 1 is 1.10 bits per heavy atom. The summed E-state index contributed by atoms with van der Waals surface area (Å²) in [6.07, 6.45) is 3.04. The minimum atomic E-state index is -0.850. The zero-order valence-electron chi connectivity index (χ0n) is 23.5. The van der Waals surface area contributed by atoms with Crippen LogP contribution >= 0.6 is 27.3 Å². The number of ether oxygens (including phenoxy) is 2. The molecule has 2 aliphatic rings. The molecule has 10 heteroatoms. The van der Waals surface area contributed by atoms with Crippen LogP contribution in [-0.4, -0.2) is 36.7 Å². The topological polar surface area (TPSA) is 90.2 Å². The maximum absolute atomic E-state index is 14.4. The van der Waals surface area contributed by atoms with Gasteiger partial charge in [-0.3, -0.25) is 14.2 Å². The van der Waals surface area contributed by atoms with Crippen molar-refractivity contribution >= 4 is 50.4 Å². The van der Waals surface area contributed by atoms with Gasteiger partial charge in [-0.2, -0.15) is 0 Å². The maximum atomic E-state index is 14.4. The molecule has 3 aromatic rings. The summed E-state index contributed by atoms with van der Waals surface area (Å²) in [7, 11) is 1.55. The van der Waals surface area contributed by atoms with Gasteiger partial charge in [-0.1, -0.05) is 72.2 Å². The lowest BCUT2D eigenvalue weighted by Crippen LogP contribution is -2.41. The largest absolute Gasteiger partial charge is 0.496 e. The molecule has 0 radical (unpaired) electrons. The molecule has 2 aliphatic heterocycles. The second-order valence-corrected chi connectivity index (χ2v) is 11.7. The predicted octanol–water partition coefficient (Wildman–Crippen LogP) is 4.87. The molecule has 3 heterocycles. The molecular weight excluding hydrogens is 606 g/mol. The number of unbranched alkanes of at least 4 members (excludes halogenated alkanes) is 1. The number of esters is 1. The molecule has 0 saturated heterocycles. The Labute approximate surface area is 250 Å². The van der Waals surface area contributed by atoms with E-state index in [1.54, 1.807) is 25.0 Å². The number of rotatable bonds is 9. The van der Waals surface area contributed by atoms with Crippen LogP contribution in [0.5, 0.6) is 5.75 Å². The molecule has 0 unspecified atom stereocenters. The van der Waals surface area contributed by atoms with Crippen LogP contribution in [0.2, 0.25) is 0 Å². The fourth-order valence-corrected chi connectivity index (χ4v) is 6.91. The molecule has 41 heavy (non-hydrogen) atoms. The number of allylic oxidation sites excluding steroid dienone is 1. The summed E-state index contributed by atoms with van der Waals surface area (Å²) < 4.78 is 13.8. The Morgan fingerprint density at radius 3 is 2.59 bits per heavy atom. The van der Waals surface area contributed by atoms with E-state index in [1.165, 1.54) is 15.9 Å². The van der Waals surface area contributed by atoms with Crippen LogP contribution < -0.4 is 24.5 Å². The summed E-state index contributed by atoms with van der Waals surface area (Å²) >= 11 is 4.73. The molecule has 0 bridgehead atoms. The lowest BCUT2D eigenvalue weighted by atomic mass is 9.93. The maximum Gasteiger partial charge on any atom is 0.338 e. The Hall–Kier alpha value is -3.50. The Morgan fingerprint density at radius 2 is 1.88 bits per heavy atom. The summed E-state index contributed by atoms with van der Waals surface area (Å²) in [4.78, 5) is 48.8. The standard InChI is InChI=1S/C31H32BrN3O5S/c1-5-8-16-34-22-13-10-9-12-19(22)24(28(34)36)27-29(37)35-26(20-17-18(32)14-15-23(20)39-4)25(30(38)40-7-3)21(11-6-2)33-31(35)41-27/h9-10,12-15,17,26H,5-8,11,16H2,1-4H3/b27-24-/t26-/m0/s1. The van der Waals surface area contributed by atoms with Crippen LogP contribution in [0.4, 0.5) is 5.69 Å². The van der Waals surface area contributed by atoms with Crippen molar-refractivity contribution in [3.05, 3.63) is 89.0 Å². The van der Waals surface area contributed by atoms with Crippen molar-refractivity contribution in [1.29, 1.82) is 0 Å². The highest BCUT2D eigenvalue weighted by atomic mass is 79.9. The van der Waals surface area contributed by atoms with Crippen LogP contribution in [0.25, 0.3) is 5.57 Å². The van der Waals surface area contributed by atoms with E-state index in [9.17, 15) is 14.4 Å². The number of thiazole rings is 1. The number of methoxy groups -OCH3 is 1. The zero-order chi connectivity index (χ0) is 29.3. The van der Waals surface area contributed by atoms with Crippen molar-refractivity contribution in [2.24, 2.45) is 4.99 Å². The zero-order valence-corrected chi connectivity index (χ0v) is 25.9. The van der Waals surface area contributed by atoms with Gasteiger partial charge in [-0.05, 0) is 44.0 Å². The summed E-state index contributed by atoms with van der Waals surface area (Å²) in [5.41, 5.74) is 3.01. The van der Waals surface area contributed by atoms with Gasteiger partial charge < -0.3 is 14.4 Å². The molecule has 8 nitrogen and oxygen atoms in total. The van der Waals surface area contributed by atoms with Crippen LogP contribution in [0.15, 0.2) is 68.0 Å². The van der Waals surface area contributed by atoms with E-state index in [4.69, 9.17) is 14.5 Å². The molecule has 0 aliphatic carbocycles. The van der Waals surface area contributed by atoms with Crippen molar-refractivity contribution in [1.82, 2.24) is 4.57 Å². The number of hydrogen-bond donors (Lipinski definition) is 0.